The fourth-order valence-electron chi connectivity index (χ4n) is 2.33. The first-order chi connectivity index (χ1) is 9.19. The number of aliphatic imine (C=N–C) groups is 1. The monoisotopic (exact) mass is 276 g/mol. The van der Waals surface area contributed by atoms with Gasteiger partial charge in [0.2, 0.25) is 0 Å². The first-order valence-electron chi connectivity index (χ1n) is 7.19. The number of rotatable bonds is 5. The third kappa shape index (κ3) is 3.53. The molecule has 1 aliphatic heterocycles. The molecular weight excluding hydrogens is 252 g/mol. The van der Waals surface area contributed by atoms with Crippen molar-refractivity contribution in [3.63, 3.8) is 0 Å². The van der Waals surface area contributed by atoms with Gasteiger partial charge in [-0.2, -0.15) is 0 Å². The molecule has 1 N–H and O–H groups in total. The van der Waals surface area contributed by atoms with Gasteiger partial charge in [-0.1, -0.05) is 62.9 Å². The van der Waals surface area contributed by atoms with E-state index in [0.29, 0.717) is 5.92 Å². The molecule has 19 heavy (non-hydrogen) atoms. The van der Waals surface area contributed by atoms with Crippen LogP contribution in [0, 0.1) is 0 Å². The van der Waals surface area contributed by atoms with Gasteiger partial charge < -0.3 is 5.32 Å². The molecule has 1 atom stereocenters. The molecule has 1 aromatic rings. The van der Waals surface area contributed by atoms with E-state index < -0.39 is 0 Å². The van der Waals surface area contributed by atoms with Crippen molar-refractivity contribution in [3.05, 3.63) is 35.9 Å². The lowest BCUT2D eigenvalue weighted by molar-refractivity contribution is 0.407. The summed E-state index contributed by atoms with van der Waals surface area (Å²) >= 11 is 1.87. The third-order valence-corrected chi connectivity index (χ3v) is 5.29. The Morgan fingerprint density at radius 2 is 1.95 bits per heavy atom. The van der Waals surface area contributed by atoms with Crippen LogP contribution >= 0.6 is 11.8 Å². The van der Waals surface area contributed by atoms with E-state index >= 15 is 0 Å². The molecule has 3 heteroatoms. The lowest BCUT2D eigenvalue weighted by atomic mass is 9.96. The number of thioether (sulfide) groups is 1. The maximum atomic E-state index is 4.76. The van der Waals surface area contributed by atoms with Crippen molar-refractivity contribution >= 4 is 16.9 Å². The maximum Gasteiger partial charge on any atom is 0.157 e. The van der Waals surface area contributed by atoms with Crippen LogP contribution in [-0.4, -0.2) is 23.0 Å². The van der Waals surface area contributed by atoms with Crippen LogP contribution in [-0.2, 0) is 0 Å². The van der Waals surface area contributed by atoms with Crippen LogP contribution in [0.1, 0.15) is 45.1 Å². The molecule has 0 saturated carbocycles. The second kappa shape index (κ2) is 6.47. The SMILES string of the molecule is CCC1(CC)CSC(=NCC(C)c2ccccc2)N1. The van der Waals surface area contributed by atoms with Crippen molar-refractivity contribution in [2.75, 3.05) is 12.3 Å². The fraction of sp³-hybridized carbons (Fsp3) is 0.562. The van der Waals surface area contributed by atoms with Gasteiger partial charge in [0.05, 0.1) is 0 Å². The van der Waals surface area contributed by atoms with Gasteiger partial charge >= 0.3 is 0 Å². The van der Waals surface area contributed by atoms with Gasteiger partial charge in [-0.3, -0.25) is 4.99 Å². The van der Waals surface area contributed by atoms with E-state index in [1.807, 2.05) is 11.8 Å². The first kappa shape index (κ1) is 14.4. The zero-order valence-corrected chi connectivity index (χ0v) is 13.0. The van der Waals surface area contributed by atoms with Crippen LogP contribution < -0.4 is 5.32 Å². The minimum Gasteiger partial charge on any atom is -0.359 e. The number of amidine groups is 1. The van der Waals surface area contributed by atoms with E-state index in [-0.39, 0.29) is 5.54 Å². The summed E-state index contributed by atoms with van der Waals surface area (Å²) in [6.07, 6.45) is 2.34. The summed E-state index contributed by atoms with van der Waals surface area (Å²) in [6, 6.07) is 10.6. The molecule has 1 unspecified atom stereocenters. The van der Waals surface area contributed by atoms with E-state index in [1.54, 1.807) is 0 Å². The summed E-state index contributed by atoms with van der Waals surface area (Å²) in [6.45, 7) is 7.62. The molecule has 0 aromatic heterocycles. The fourth-order valence-corrected chi connectivity index (χ4v) is 3.68. The number of hydrogen-bond acceptors (Lipinski definition) is 2. The quantitative estimate of drug-likeness (QED) is 0.877. The van der Waals surface area contributed by atoms with Gasteiger partial charge in [-0.25, -0.2) is 0 Å². The van der Waals surface area contributed by atoms with E-state index in [2.05, 4.69) is 56.4 Å². The third-order valence-electron chi connectivity index (χ3n) is 4.09. The Hall–Kier alpha value is -0.960. The molecule has 1 saturated heterocycles. The molecule has 104 valence electrons. The average molecular weight is 276 g/mol. The second-order valence-electron chi connectivity index (χ2n) is 5.36. The summed E-state index contributed by atoms with van der Waals surface area (Å²) in [5.74, 6) is 1.63. The van der Waals surface area contributed by atoms with Crippen molar-refractivity contribution in [3.8, 4) is 0 Å². The van der Waals surface area contributed by atoms with Crippen LogP contribution in [0.25, 0.3) is 0 Å². The zero-order chi connectivity index (χ0) is 13.7. The number of nitrogens with zero attached hydrogens (tertiary/aromatic N) is 1. The number of hydrogen-bond donors (Lipinski definition) is 1. The Kier molecular flexibility index (Phi) is 4.92. The van der Waals surface area contributed by atoms with Gasteiger partial charge in [0.1, 0.15) is 0 Å². The van der Waals surface area contributed by atoms with Crippen molar-refractivity contribution in [1.82, 2.24) is 5.32 Å². The van der Waals surface area contributed by atoms with Crippen molar-refractivity contribution < 1.29 is 0 Å². The molecule has 1 aliphatic rings. The standard InChI is InChI=1S/C16H24N2S/c1-4-16(5-2)12-19-15(18-16)17-11-13(3)14-9-7-6-8-10-14/h6-10,13H,4-5,11-12H2,1-3H3,(H,17,18). The minimum absolute atomic E-state index is 0.277. The molecule has 0 spiro atoms. The Labute approximate surface area is 121 Å². The van der Waals surface area contributed by atoms with Gasteiger partial charge in [0, 0.05) is 23.8 Å². The highest BCUT2D eigenvalue weighted by molar-refractivity contribution is 8.14. The van der Waals surface area contributed by atoms with Crippen LogP contribution in [0.15, 0.2) is 35.3 Å². The summed E-state index contributed by atoms with van der Waals surface area (Å²) in [5, 5.41) is 4.75. The van der Waals surface area contributed by atoms with Gasteiger partial charge in [-0.05, 0) is 18.4 Å². The van der Waals surface area contributed by atoms with Crippen molar-refractivity contribution in [2.24, 2.45) is 4.99 Å². The predicted octanol–water partition coefficient (Wildman–Crippen LogP) is 4.04. The van der Waals surface area contributed by atoms with Crippen LogP contribution in [0.4, 0.5) is 0 Å². The molecule has 2 nitrogen and oxygen atoms in total. The Morgan fingerprint density at radius 1 is 1.26 bits per heavy atom. The summed E-state index contributed by atoms with van der Waals surface area (Å²) < 4.78 is 0. The largest absolute Gasteiger partial charge is 0.359 e. The number of nitrogens with one attached hydrogen (secondary N) is 1. The lowest BCUT2D eigenvalue weighted by Crippen LogP contribution is -2.42. The van der Waals surface area contributed by atoms with Crippen molar-refractivity contribution in [2.45, 2.75) is 45.1 Å². The predicted molar refractivity (Wildman–Crippen MR) is 86.1 cm³/mol. The highest BCUT2D eigenvalue weighted by atomic mass is 32.2. The van der Waals surface area contributed by atoms with E-state index in [4.69, 9.17) is 4.99 Å². The average Bonchev–Trinajstić information content (AvgIpc) is 2.90. The highest BCUT2D eigenvalue weighted by Crippen LogP contribution is 2.29. The summed E-state index contributed by atoms with van der Waals surface area (Å²) in [4.78, 5) is 4.76. The van der Waals surface area contributed by atoms with Gasteiger partial charge in [0.25, 0.3) is 0 Å². The molecule has 1 heterocycles. The second-order valence-corrected chi connectivity index (χ2v) is 6.32. The minimum atomic E-state index is 0.277. The topological polar surface area (TPSA) is 24.4 Å². The Bertz CT molecular complexity index is 424. The van der Waals surface area contributed by atoms with Crippen LogP contribution in [0.5, 0.6) is 0 Å². The Balaban J connectivity index is 1.94. The molecule has 0 radical (unpaired) electrons. The van der Waals surface area contributed by atoms with Crippen LogP contribution in [0.2, 0.25) is 0 Å². The summed E-state index contributed by atoms with van der Waals surface area (Å²) in [7, 11) is 0. The van der Waals surface area contributed by atoms with E-state index in [0.717, 1.165) is 17.5 Å². The van der Waals surface area contributed by atoms with Gasteiger partial charge in [-0.15, -0.1) is 0 Å². The van der Waals surface area contributed by atoms with Crippen LogP contribution in [0.3, 0.4) is 0 Å². The molecule has 2 rings (SSSR count). The molecule has 1 fully saturated rings. The van der Waals surface area contributed by atoms with Gasteiger partial charge in [0.15, 0.2) is 5.17 Å². The highest BCUT2D eigenvalue weighted by Gasteiger charge is 2.33. The first-order valence-corrected chi connectivity index (χ1v) is 8.18. The molecule has 0 bridgehead atoms. The van der Waals surface area contributed by atoms with E-state index in [1.165, 1.54) is 18.4 Å². The molecule has 0 aliphatic carbocycles. The normalized spacial score (nSPS) is 21.3. The Morgan fingerprint density at radius 3 is 2.53 bits per heavy atom. The molecule has 1 aromatic carbocycles. The summed E-state index contributed by atoms with van der Waals surface area (Å²) in [5.41, 5.74) is 1.64. The number of benzene rings is 1. The van der Waals surface area contributed by atoms with E-state index in [9.17, 15) is 0 Å². The smallest absolute Gasteiger partial charge is 0.157 e. The molecule has 0 amide bonds. The zero-order valence-electron chi connectivity index (χ0n) is 12.1. The van der Waals surface area contributed by atoms with Crippen molar-refractivity contribution in [1.29, 1.82) is 0 Å². The lowest BCUT2D eigenvalue weighted by Gasteiger charge is -2.25. The molecular formula is C16H24N2S. The maximum absolute atomic E-state index is 4.76.